The van der Waals surface area contributed by atoms with Crippen molar-refractivity contribution in [3.8, 4) is 0 Å². The molecule has 0 unspecified atom stereocenters. The van der Waals surface area contributed by atoms with Crippen molar-refractivity contribution in [1.82, 2.24) is 10.6 Å². The Bertz CT molecular complexity index is 1160. The highest BCUT2D eigenvalue weighted by molar-refractivity contribution is 6.08. The Balaban J connectivity index is 1.72. The summed E-state index contributed by atoms with van der Waals surface area (Å²) in [6.45, 7) is 1.33. The molecule has 2 amide bonds. The first-order valence-corrected chi connectivity index (χ1v) is 11.2. The Morgan fingerprint density at radius 3 is 1.77 bits per heavy atom. The maximum atomic E-state index is 13.0. The molecule has 0 aliphatic rings. The lowest BCUT2D eigenvalue weighted by Crippen LogP contribution is -2.53. The average Bonchev–Trinajstić information content (AvgIpc) is 2.88. The second-order valence-electron chi connectivity index (χ2n) is 8.12. The zero-order chi connectivity index (χ0) is 25.2. The van der Waals surface area contributed by atoms with Gasteiger partial charge in [-0.1, -0.05) is 84.9 Å². The van der Waals surface area contributed by atoms with E-state index >= 15 is 0 Å². The van der Waals surface area contributed by atoms with Gasteiger partial charge < -0.3 is 15.4 Å². The van der Waals surface area contributed by atoms with Gasteiger partial charge in [-0.25, -0.2) is 4.79 Å². The van der Waals surface area contributed by atoms with Crippen LogP contribution in [0, 0.1) is 0 Å². The van der Waals surface area contributed by atoms with E-state index in [2.05, 4.69) is 10.6 Å². The molecule has 3 aromatic carbocycles. The third-order valence-electron chi connectivity index (χ3n) is 5.47. The lowest BCUT2D eigenvalue weighted by Gasteiger charge is -2.22. The predicted molar refractivity (Wildman–Crippen MR) is 132 cm³/mol. The van der Waals surface area contributed by atoms with Crippen LogP contribution in [-0.4, -0.2) is 42.8 Å². The van der Waals surface area contributed by atoms with Crippen LogP contribution in [0.3, 0.4) is 0 Å². The second kappa shape index (κ2) is 12.3. The molecule has 0 saturated carbocycles. The van der Waals surface area contributed by atoms with Crippen LogP contribution in [-0.2, 0) is 32.0 Å². The van der Waals surface area contributed by atoms with Gasteiger partial charge in [0.25, 0.3) is 0 Å². The van der Waals surface area contributed by atoms with Gasteiger partial charge in [-0.2, -0.15) is 0 Å². The summed E-state index contributed by atoms with van der Waals surface area (Å²) in [5, 5.41) is 5.36. The molecule has 0 fully saturated rings. The van der Waals surface area contributed by atoms with Gasteiger partial charge in [0.15, 0.2) is 5.78 Å². The van der Waals surface area contributed by atoms with Crippen LogP contribution in [0.25, 0.3) is 0 Å². The van der Waals surface area contributed by atoms with Crippen LogP contribution in [0.5, 0.6) is 0 Å². The van der Waals surface area contributed by atoms with Gasteiger partial charge in [0.2, 0.25) is 11.8 Å². The predicted octanol–water partition coefficient (Wildman–Crippen LogP) is 2.87. The Kier molecular flexibility index (Phi) is 8.89. The third-order valence-corrected chi connectivity index (χ3v) is 5.47. The first-order valence-electron chi connectivity index (χ1n) is 11.2. The first kappa shape index (κ1) is 25.4. The highest BCUT2D eigenvalue weighted by Gasteiger charge is 2.27. The average molecular weight is 473 g/mol. The van der Waals surface area contributed by atoms with Crippen molar-refractivity contribution in [2.75, 3.05) is 7.11 Å². The van der Waals surface area contributed by atoms with E-state index in [9.17, 15) is 19.2 Å². The van der Waals surface area contributed by atoms with E-state index in [1.807, 2.05) is 36.4 Å². The fourth-order valence-electron chi connectivity index (χ4n) is 3.70. The summed E-state index contributed by atoms with van der Waals surface area (Å²) in [6, 6.07) is 23.3. The number of ether oxygens (including phenoxy) is 1. The van der Waals surface area contributed by atoms with Crippen LogP contribution < -0.4 is 10.6 Å². The van der Waals surface area contributed by atoms with Gasteiger partial charge in [0.05, 0.1) is 7.11 Å². The minimum atomic E-state index is -0.963. The molecule has 0 aliphatic heterocycles. The van der Waals surface area contributed by atoms with E-state index < -0.39 is 24.0 Å². The van der Waals surface area contributed by atoms with Gasteiger partial charge in [-0.05, 0) is 11.1 Å². The molecule has 0 aromatic heterocycles. The molecule has 3 rings (SSSR count). The Morgan fingerprint density at radius 2 is 1.20 bits per heavy atom. The summed E-state index contributed by atoms with van der Waals surface area (Å²) in [5.74, 6) is -1.55. The summed E-state index contributed by atoms with van der Waals surface area (Å²) >= 11 is 0. The topological polar surface area (TPSA) is 102 Å². The number of amides is 2. The van der Waals surface area contributed by atoms with Crippen molar-refractivity contribution in [3.05, 3.63) is 107 Å². The minimum Gasteiger partial charge on any atom is -0.467 e. The van der Waals surface area contributed by atoms with Crippen LogP contribution in [0.1, 0.15) is 34.0 Å². The number of methoxy groups -OCH3 is 1. The molecule has 0 bridgehead atoms. The van der Waals surface area contributed by atoms with Gasteiger partial charge in [0.1, 0.15) is 12.1 Å². The minimum absolute atomic E-state index is 0.103. The Hall–Kier alpha value is -4.26. The largest absolute Gasteiger partial charge is 0.467 e. The molecule has 0 radical (unpaired) electrons. The molecule has 7 nitrogen and oxygen atoms in total. The van der Waals surface area contributed by atoms with E-state index in [0.717, 1.165) is 11.1 Å². The van der Waals surface area contributed by atoms with E-state index in [-0.39, 0.29) is 24.5 Å². The smallest absolute Gasteiger partial charge is 0.328 e. The second-order valence-corrected chi connectivity index (χ2v) is 8.12. The molecule has 35 heavy (non-hydrogen) atoms. The molecule has 7 heteroatoms. The fourth-order valence-corrected chi connectivity index (χ4v) is 3.70. The van der Waals surface area contributed by atoms with E-state index in [0.29, 0.717) is 11.1 Å². The zero-order valence-corrected chi connectivity index (χ0v) is 19.7. The lowest BCUT2D eigenvalue weighted by atomic mass is 9.99. The third kappa shape index (κ3) is 7.37. The van der Waals surface area contributed by atoms with E-state index in [1.54, 1.807) is 48.5 Å². The number of hydrogen-bond donors (Lipinski definition) is 2. The Morgan fingerprint density at radius 1 is 0.686 bits per heavy atom. The maximum Gasteiger partial charge on any atom is 0.328 e. The lowest BCUT2D eigenvalue weighted by molar-refractivity contribution is -0.145. The van der Waals surface area contributed by atoms with Crippen LogP contribution in [0.2, 0.25) is 0 Å². The molecule has 0 spiro atoms. The van der Waals surface area contributed by atoms with E-state index in [4.69, 9.17) is 4.74 Å². The summed E-state index contributed by atoms with van der Waals surface area (Å²) in [6.07, 6.45) is 0.437. The van der Waals surface area contributed by atoms with Crippen molar-refractivity contribution >= 4 is 23.6 Å². The number of carbonyl (C=O) groups is 4. The maximum absolute atomic E-state index is 13.0. The van der Waals surface area contributed by atoms with Crippen LogP contribution >= 0.6 is 0 Å². The standard InChI is InChI=1S/C28H28N2O5/c1-19(31)29-24(17-20-9-5-3-6-10-20)27(33)30-25(28(34)35-2)18-21-13-15-23(16-14-21)26(32)22-11-7-4-8-12-22/h3-16,24-25H,17-18H2,1-2H3,(H,29,31)(H,30,33)/t24-,25+/m1/s1. The molecule has 2 N–H and O–H groups in total. The molecular formula is C28H28N2O5. The molecular weight excluding hydrogens is 444 g/mol. The number of nitrogens with one attached hydrogen (secondary N) is 2. The number of hydrogen-bond acceptors (Lipinski definition) is 5. The van der Waals surface area contributed by atoms with Crippen molar-refractivity contribution in [2.24, 2.45) is 0 Å². The molecule has 0 aliphatic carbocycles. The normalized spacial score (nSPS) is 12.2. The highest BCUT2D eigenvalue weighted by atomic mass is 16.5. The van der Waals surface area contributed by atoms with Crippen LogP contribution in [0.4, 0.5) is 0 Å². The SMILES string of the molecule is COC(=O)[C@H](Cc1ccc(C(=O)c2ccccc2)cc1)NC(=O)[C@@H](Cc1ccccc1)NC(C)=O. The summed E-state index contributed by atoms with van der Waals surface area (Å²) in [4.78, 5) is 49.8. The first-order chi connectivity index (χ1) is 16.9. The summed E-state index contributed by atoms with van der Waals surface area (Å²) < 4.78 is 4.89. The molecule has 180 valence electrons. The highest BCUT2D eigenvalue weighted by Crippen LogP contribution is 2.13. The number of ketones is 1. The quantitative estimate of drug-likeness (QED) is 0.349. The number of esters is 1. The number of rotatable bonds is 10. The molecule has 0 saturated heterocycles. The van der Waals surface area contributed by atoms with Gasteiger partial charge in [0, 0.05) is 30.9 Å². The molecule has 2 atom stereocenters. The number of benzene rings is 3. The Labute approximate surface area is 204 Å². The molecule has 3 aromatic rings. The van der Waals surface area contributed by atoms with Crippen molar-refractivity contribution in [2.45, 2.75) is 31.8 Å². The van der Waals surface area contributed by atoms with Crippen molar-refractivity contribution < 1.29 is 23.9 Å². The monoisotopic (exact) mass is 472 g/mol. The van der Waals surface area contributed by atoms with Crippen LogP contribution in [0.15, 0.2) is 84.9 Å². The summed E-state index contributed by atoms with van der Waals surface area (Å²) in [7, 11) is 1.25. The number of carbonyl (C=O) groups excluding carboxylic acids is 4. The molecule has 0 heterocycles. The van der Waals surface area contributed by atoms with Gasteiger partial charge in [-0.15, -0.1) is 0 Å². The summed E-state index contributed by atoms with van der Waals surface area (Å²) in [5.41, 5.74) is 2.72. The van der Waals surface area contributed by atoms with Crippen molar-refractivity contribution in [1.29, 1.82) is 0 Å². The zero-order valence-electron chi connectivity index (χ0n) is 19.7. The van der Waals surface area contributed by atoms with Gasteiger partial charge in [-0.3, -0.25) is 14.4 Å². The van der Waals surface area contributed by atoms with E-state index in [1.165, 1.54) is 14.0 Å². The van der Waals surface area contributed by atoms with Gasteiger partial charge >= 0.3 is 5.97 Å². The van der Waals surface area contributed by atoms with Crippen molar-refractivity contribution in [3.63, 3.8) is 0 Å². The fraction of sp³-hybridized carbons (Fsp3) is 0.214.